The summed E-state index contributed by atoms with van der Waals surface area (Å²) in [7, 11) is 0. The lowest BCUT2D eigenvalue weighted by Crippen LogP contribution is -2.43. The molecular formula is C19H24F3N3. The maximum atomic E-state index is 12.5. The number of hydrogen-bond acceptors (Lipinski definition) is 3. The monoisotopic (exact) mass is 351 g/mol. The molecule has 0 amide bonds. The van der Waals surface area contributed by atoms with Crippen molar-refractivity contribution in [3.05, 3.63) is 65.7 Å². The van der Waals surface area contributed by atoms with Gasteiger partial charge in [-0.2, -0.15) is 13.2 Å². The summed E-state index contributed by atoms with van der Waals surface area (Å²) in [4.78, 5) is 1.96. The minimum absolute atomic E-state index is 0.580. The molecule has 1 fully saturated rings. The molecule has 6 heteroatoms. The molecule has 1 aliphatic heterocycles. The fraction of sp³-hybridized carbons (Fsp3) is 0.368. The molecule has 2 aromatic rings. The van der Waals surface area contributed by atoms with Gasteiger partial charge >= 0.3 is 6.18 Å². The quantitative estimate of drug-likeness (QED) is 0.892. The van der Waals surface area contributed by atoms with E-state index in [0.29, 0.717) is 5.69 Å². The minimum atomic E-state index is -4.26. The van der Waals surface area contributed by atoms with Gasteiger partial charge in [0.2, 0.25) is 0 Å². The van der Waals surface area contributed by atoms with Crippen molar-refractivity contribution in [2.24, 2.45) is 5.73 Å². The standard InChI is InChI=1S/C11H13F3N2.C8H11N/c12-11(13,14)9-2-1-3-10(8-9)16-6-4-15-5-7-16;9-7-6-8-4-2-1-3-5-8/h1-3,8,15H,4-7H2;1-5H,6-7,9H2. The number of nitrogens with zero attached hydrogens (tertiary/aromatic N) is 1. The number of alkyl halides is 3. The Balaban J connectivity index is 0.000000212. The van der Waals surface area contributed by atoms with Crippen molar-refractivity contribution in [3.63, 3.8) is 0 Å². The van der Waals surface area contributed by atoms with E-state index in [1.54, 1.807) is 6.07 Å². The number of piperazine rings is 1. The Labute approximate surface area is 146 Å². The molecule has 3 N–H and O–H groups in total. The number of hydrogen-bond donors (Lipinski definition) is 2. The topological polar surface area (TPSA) is 41.3 Å². The lowest BCUT2D eigenvalue weighted by Gasteiger charge is -2.29. The normalized spacial score (nSPS) is 14.6. The third-order valence-corrected chi connectivity index (χ3v) is 3.93. The highest BCUT2D eigenvalue weighted by Gasteiger charge is 2.30. The van der Waals surface area contributed by atoms with Gasteiger partial charge in [-0.15, -0.1) is 0 Å². The van der Waals surface area contributed by atoms with Gasteiger partial charge in [0.25, 0.3) is 0 Å². The summed E-state index contributed by atoms with van der Waals surface area (Å²) >= 11 is 0. The molecule has 0 radical (unpaired) electrons. The molecule has 0 bridgehead atoms. The Hall–Kier alpha value is -2.05. The first-order chi connectivity index (χ1) is 12.0. The van der Waals surface area contributed by atoms with Crippen LogP contribution < -0.4 is 16.0 Å². The molecule has 0 spiro atoms. The van der Waals surface area contributed by atoms with Gasteiger partial charge in [0, 0.05) is 31.9 Å². The third kappa shape index (κ3) is 6.40. The Morgan fingerprint density at radius 3 is 2.24 bits per heavy atom. The fourth-order valence-electron chi connectivity index (χ4n) is 2.61. The van der Waals surface area contributed by atoms with Crippen molar-refractivity contribution >= 4 is 5.69 Å². The first kappa shape index (κ1) is 19.3. The van der Waals surface area contributed by atoms with Crippen LogP contribution in [0.15, 0.2) is 54.6 Å². The summed E-state index contributed by atoms with van der Waals surface area (Å²) in [6.07, 6.45) is -3.27. The van der Waals surface area contributed by atoms with E-state index in [2.05, 4.69) is 17.4 Å². The van der Waals surface area contributed by atoms with E-state index < -0.39 is 11.7 Å². The average Bonchev–Trinajstić information content (AvgIpc) is 2.64. The molecule has 3 nitrogen and oxygen atoms in total. The number of nitrogens with one attached hydrogen (secondary N) is 1. The first-order valence-electron chi connectivity index (χ1n) is 8.37. The van der Waals surface area contributed by atoms with Crippen LogP contribution in [-0.4, -0.2) is 32.7 Å². The molecule has 1 heterocycles. The Morgan fingerprint density at radius 2 is 1.64 bits per heavy atom. The Kier molecular flexibility index (Phi) is 7.28. The van der Waals surface area contributed by atoms with Crippen molar-refractivity contribution in [2.45, 2.75) is 12.6 Å². The lowest BCUT2D eigenvalue weighted by atomic mass is 10.1. The third-order valence-electron chi connectivity index (χ3n) is 3.93. The second-order valence-electron chi connectivity index (χ2n) is 5.81. The van der Waals surface area contributed by atoms with Gasteiger partial charge in [-0.1, -0.05) is 36.4 Å². The van der Waals surface area contributed by atoms with Crippen LogP contribution >= 0.6 is 0 Å². The molecule has 0 unspecified atom stereocenters. The summed E-state index contributed by atoms with van der Waals surface area (Å²) in [6.45, 7) is 3.87. The molecule has 25 heavy (non-hydrogen) atoms. The van der Waals surface area contributed by atoms with Crippen molar-refractivity contribution in [2.75, 3.05) is 37.6 Å². The summed E-state index contributed by atoms with van der Waals surface area (Å²) < 4.78 is 37.5. The van der Waals surface area contributed by atoms with Gasteiger partial charge in [0.05, 0.1) is 5.56 Å². The van der Waals surface area contributed by atoms with Gasteiger partial charge in [-0.3, -0.25) is 0 Å². The molecule has 136 valence electrons. The van der Waals surface area contributed by atoms with E-state index in [9.17, 15) is 13.2 Å². The van der Waals surface area contributed by atoms with E-state index in [1.807, 2.05) is 23.1 Å². The molecule has 0 saturated carbocycles. The molecule has 0 aromatic heterocycles. The highest BCUT2D eigenvalue weighted by molar-refractivity contribution is 5.49. The Bertz CT molecular complexity index is 623. The zero-order chi connectivity index (χ0) is 18.1. The van der Waals surface area contributed by atoms with E-state index in [-0.39, 0.29) is 0 Å². The molecule has 2 aromatic carbocycles. The van der Waals surface area contributed by atoms with E-state index in [1.165, 1.54) is 17.7 Å². The van der Waals surface area contributed by atoms with Crippen LogP contribution in [0, 0.1) is 0 Å². The van der Waals surface area contributed by atoms with Gasteiger partial charge in [-0.25, -0.2) is 0 Å². The van der Waals surface area contributed by atoms with Gasteiger partial charge in [0.1, 0.15) is 0 Å². The van der Waals surface area contributed by atoms with Crippen LogP contribution in [0.1, 0.15) is 11.1 Å². The maximum absolute atomic E-state index is 12.5. The van der Waals surface area contributed by atoms with E-state index >= 15 is 0 Å². The highest BCUT2D eigenvalue weighted by Crippen LogP contribution is 2.31. The molecule has 0 atom stereocenters. The van der Waals surface area contributed by atoms with E-state index in [4.69, 9.17) is 5.73 Å². The van der Waals surface area contributed by atoms with Crippen LogP contribution in [0.3, 0.4) is 0 Å². The second kappa shape index (κ2) is 9.44. The molecule has 3 rings (SSSR count). The summed E-state index contributed by atoms with van der Waals surface area (Å²) in [5, 5.41) is 3.17. The van der Waals surface area contributed by atoms with Crippen molar-refractivity contribution in [1.29, 1.82) is 0 Å². The smallest absolute Gasteiger partial charge is 0.369 e. The summed E-state index contributed by atoms with van der Waals surface area (Å²) in [5.74, 6) is 0. The fourth-order valence-corrected chi connectivity index (χ4v) is 2.61. The zero-order valence-electron chi connectivity index (χ0n) is 14.1. The number of nitrogens with two attached hydrogens (primary N) is 1. The van der Waals surface area contributed by atoms with Crippen LogP contribution in [-0.2, 0) is 12.6 Å². The summed E-state index contributed by atoms with van der Waals surface area (Å²) in [6, 6.07) is 15.8. The van der Waals surface area contributed by atoms with Crippen molar-refractivity contribution in [1.82, 2.24) is 5.32 Å². The predicted octanol–water partition coefficient (Wildman–Crippen LogP) is 3.30. The van der Waals surface area contributed by atoms with Crippen molar-refractivity contribution in [3.8, 4) is 0 Å². The molecule has 1 saturated heterocycles. The number of anilines is 1. The van der Waals surface area contributed by atoms with Crippen molar-refractivity contribution < 1.29 is 13.2 Å². The number of benzene rings is 2. The molecular weight excluding hydrogens is 327 g/mol. The minimum Gasteiger partial charge on any atom is -0.369 e. The average molecular weight is 351 g/mol. The maximum Gasteiger partial charge on any atom is 0.416 e. The predicted molar refractivity (Wildman–Crippen MR) is 95.7 cm³/mol. The second-order valence-corrected chi connectivity index (χ2v) is 5.81. The number of halogens is 3. The SMILES string of the molecule is FC(F)(F)c1cccc(N2CCNCC2)c1.NCCc1ccccc1. The van der Waals surface area contributed by atoms with Crippen LogP contribution in [0.2, 0.25) is 0 Å². The van der Waals surface area contributed by atoms with E-state index in [0.717, 1.165) is 45.2 Å². The van der Waals surface area contributed by atoms with Gasteiger partial charge in [-0.05, 0) is 36.7 Å². The number of rotatable bonds is 3. The van der Waals surface area contributed by atoms with Gasteiger partial charge < -0.3 is 16.0 Å². The zero-order valence-corrected chi connectivity index (χ0v) is 14.1. The highest BCUT2D eigenvalue weighted by atomic mass is 19.4. The van der Waals surface area contributed by atoms with Crippen LogP contribution in [0.25, 0.3) is 0 Å². The lowest BCUT2D eigenvalue weighted by molar-refractivity contribution is -0.137. The van der Waals surface area contributed by atoms with Crippen LogP contribution in [0.4, 0.5) is 18.9 Å². The largest absolute Gasteiger partial charge is 0.416 e. The molecule has 0 aliphatic carbocycles. The molecule has 1 aliphatic rings. The van der Waals surface area contributed by atoms with Gasteiger partial charge in [0.15, 0.2) is 0 Å². The summed E-state index contributed by atoms with van der Waals surface area (Å²) in [5.41, 5.74) is 6.75. The first-order valence-corrected chi connectivity index (χ1v) is 8.37. The van der Waals surface area contributed by atoms with Crippen LogP contribution in [0.5, 0.6) is 0 Å². The Morgan fingerprint density at radius 1 is 0.960 bits per heavy atom.